The van der Waals surface area contributed by atoms with Crippen molar-refractivity contribution in [1.29, 1.82) is 0 Å². The van der Waals surface area contributed by atoms with E-state index in [2.05, 4.69) is 5.32 Å². The summed E-state index contributed by atoms with van der Waals surface area (Å²) in [5.41, 5.74) is 5.71. The number of nitrogens with one attached hydrogen (secondary N) is 1. The number of hydrogen-bond donors (Lipinski definition) is 2. The van der Waals surface area contributed by atoms with E-state index in [0.717, 1.165) is 0 Å². The molecule has 0 unspecified atom stereocenters. The number of rotatable bonds is 0. The van der Waals surface area contributed by atoms with Crippen LogP contribution in [0.25, 0.3) is 0 Å². The normalized spacial score (nSPS) is 25.6. The molecule has 1 amide bonds. The van der Waals surface area contributed by atoms with E-state index in [-0.39, 0.29) is 11.7 Å². The molecule has 1 aromatic carbocycles. The maximum Gasteiger partial charge on any atom is 0.248 e. The van der Waals surface area contributed by atoms with E-state index < -0.39 is 5.54 Å². The predicted molar refractivity (Wildman–Crippen MR) is 46.6 cm³/mol. The minimum atomic E-state index is -1.11. The highest BCUT2D eigenvalue weighted by atomic mass is 19.1. The summed E-state index contributed by atoms with van der Waals surface area (Å²) < 4.78 is 12.8. The van der Waals surface area contributed by atoms with Gasteiger partial charge >= 0.3 is 0 Å². The fourth-order valence-corrected chi connectivity index (χ4v) is 1.43. The van der Waals surface area contributed by atoms with Gasteiger partial charge in [0.15, 0.2) is 0 Å². The third-order valence-corrected chi connectivity index (χ3v) is 2.26. The maximum atomic E-state index is 12.8. The van der Waals surface area contributed by atoms with Crippen molar-refractivity contribution in [3.05, 3.63) is 29.6 Å². The zero-order valence-electron chi connectivity index (χ0n) is 7.10. The number of benzene rings is 1. The van der Waals surface area contributed by atoms with Crippen LogP contribution in [0.2, 0.25) is 0 Å². The molecular weight excluding hydrogens is 171 g/mol. The molecule has 3 nitrogen and oxygen atoms in total. The molecule has 0 aromatic heterocycles. The van der Waals surface area contributed by atoms with Crippen LogP contribution < -0.4 is 11.1 Å². The van der Waals surface area contributed by atoms with Crippen molar-refractivity contribution in [3.8, 4) is 0 Å². The Hall–Kier alpha value is -1.42. The lowest BCUT2D eigenvalue weighted by molar-refractivity contribution is -0.120. The van der Waals surface area contributed by atoms with Crippen molar-refractivity contribution in [2.45, 2.75) is 12.5 Å². The summed E-state index contributed by atoms with van der Waals surface area (Å²) in [7, 11) is 0. The van der Waals surface area contributed by atoms with E-state index in [0.29, 0.717) is 11.3 Å². The van der Waals surface area contributed by atoms with Crippen molar-refractivity contribution < 1.29 is 9.18 Å². The first-order valence-electron chi connectivity index (χ1n) is 3.92. The third kappa shape index (κ3) is 1.02. The summed E-state index contributed by atoms with van der Waals surface area (Å²) >= 11 is 0. The Morgan fingerprint density at radius 2 is 2.23 bits per heavy atom. The largest absolute Gasteiger partial charge is 0.324 e. The van der Waals surface area contributed by atoms with Gasteiger partial charge in [0.25, 0.3) is 0 Å². The van der Waals surface area contributed by atoms with Gasteiger partial charge in [0.1, 0.15) is 11.4 Å². The summed E-state index contributed by atoms with van der Waals surface area (Å²) in [6, 6.07) is 4.09. The van der Waals surface area contributed by atoms with Crippen molar-refractivity contribution in [1.82, 2.24) is 0 Å². The van der Waals surface area contributed by atoms with E-state index >= 15 is 0 Å². The van der Waals surface area contributed by atoms with Gasteiger partial charge in [-0.2, -0.15) is 0 Å². The second-order valence-corrected chi connectivity index (χ2v) is 3.35. The molecule has 0 saturated heterocycles. The van der Waals surface area contributed by atoms with Crippen LogP contribution in [0, 0.1) is 5.82 Å². The molecule has 2 rings (SSSR count). The van der Waals surface area contributed by atoms with Gasteiger partial charge in [-0.05, 0) is 25.1 Å². The van der Waals surface area contributed by atoms with Crippen LogP contribution in [-0.4, -0.2) is 5.91 Å². The number of amides is 1. The molecule has 3 N–H and O–H groups in total. The Balaban J connectivity index is 2.64. The van der Waals surface area contributed by atoms with Gasteiger partial charge in [-0.15, -0.1) is 0 Å². The summed E-state index contributed by atoms with van der Waals surface area (Å²) in [6.45, 7) is 1.56. The topological polar surface area (TPSA) is 55.1 Å². The number of hydrogen-bond acceptors (Lipinski definition) is 2. The quantitative estimate of drug-likeness (QED) is 0.624. The molecule has 0 bridgehead atoms. The Labute approximate surface area is 74.7 Å². The van der Waals surface area contributed by atoms with Gasteiger partial charge in [-0.3, -0.25) is 4.79 Å². The lowest BCUT2D eigenvalue weighted by atomic mass is 9.95. The molecule has 0 spiro atoms. The third-order valence-electron chi connectivity index (χ3n) is 2.26. The summed E-state index contributed by atoms with van der Waals surface area (Å²) in [5, 5.41) is 2.58. The molecule has 1 aromatic rings. The van der Waals surface area contributed by atoms with Gasteiger partial charge in [0.2, 0.25) is 5.91 Å². The molecule has 1 atom stereocenters. The zero-order chi connectivity index (χ0) is 9.64. The summed E-state index contributed by atoms with van der Waals surface area (Å²) in [4.78, 5) is 11.3. The number of anilines is 1. The highest BCUT2D eigenvalue weighted by Gasteiger charge is 2.39. The Kier molecular flexibility index (Phi) is 1.44. The van der Waals surface area contributed by atoms with Crippen LogP contribution in [0.5, 0.6) is 0 Å². The molecule has 1 aliphatic rings. The predicted octanol–water partition coefficient (Wildman–Crippen LogP) is 0.952. The molecule has 0 radical (unpaired) electrons. The first-order valence-corrected chi connectivity index (χ1v) is 3.92. The van der Waals surface area contributed by atoms with Crippen molar-refractivity contribution in [2.24, 2.45) is 5.73 Å². The molecule has 4 heteroatoms. The SMILES string of the molecule is C[C@]1(N)C(=O)Nc2ccc(F)cc21. The first kappa shape index (κ1) is 8.19. The second kappa shape index (κ2) is 2.29. The molecule has 13 heavy (non-hydrogen) atoms. The average Bonchev–Trinajstić information content (AvgIpc) is 2.27. The van der Waals surface area contributed by atoms with Crippen LogP contribution in [0.1, 0.15) is 12.5 Å². The second-order valence-electron chi connectivity index (χ2n) is 3.35. The number of carbonyl (C=O) groups is 1. The van der Waals surface area contributed by atoms with Crippen LogP contribution in [0.3, 0.4) is 0 Å². The minimum Gasteiger partial charge on any atom is -0.324 e. The number of nitrogens with two attached hydrogens (primary N) is 1. The lowest BCUT2D eigenvalue weighted by Gasteiger charge is -2.14. The molecule has 0 saturated carbocycles. The van der Waals surface area contributed by atoms with Crippen LogP contribution in [0.15, 0.2) is 18.2 Å². The number of fused-ring (bicyclic) bond motifs is 1. The maximum absolute atomic E-state index is 12.8. The van der Waals surface area contributed by atoms with Gasteiger partial charge in [0, 0.05) is 11.3 Å². The van der Waals surface area contributed by atoms with E-state index in [9.17, 15) is 9.18 Å². The smallest absolute Gasteiger partial charge is 0.248 e. The van der Waals surface area contributed by atoms with E-state index in [1.165, 1.54) is 18.2 Å². The molecule has 1 heterocycles. The molecule has 0 fully saturated rings. The Bertz CT molecular complexity index is 387. The zero-order valence-corrected chi connectivity index (χ0v) is 7.10. The monoisotopic (exact) mass is 180 g/mol. The Morgan fingerprint density at radius 3 is 2.92 bits per heavy atom. The van der Waals surface area contributed by atoms with E-state index in [1.807, 2.05) is 0 Å². The van der Waals surface area contributed by atoms with Crippen molar-refractivity contribution in [2.75, 3.05) is 5.32 Å². The van der Waals surface area contributed by atoms with Crippen molar-refractivity contribution >= 4 is 11.6 Å². The van der Waals surface area contributed by atoms with Crippen LogP contribution in [0.4, 0.5) is 10.1 Å². The highest BCUT2D eigenvalue weighted by Crippen LogP contribution is 2.33. The van der Waals surface area contributed by atoms with Crippen LogP contribution in [-0.2, 0) is 10.3 Å². The van der Waals surface area contributed by atoms with Crippen molar-refractivity contribution in [3.63, 3.8) is 0 Å². The average molecular weight is 180 g/mol. The first-order chi connectivity index (χ1) is 6.01. The number of halogens is 1. The van der Waals surface area contributed by atoms with E-state index in [1.54, 1.807) is 6.92 Å². The van der Waals surface area contributed by atoms with Gasteiger partial charge in [-0.1, -0.05) is 0 Å². The standard InChI is InChI=1S/C9H9FN2O/c1-9(11)6-4-5(10)2-3-7(6)12-8(9)13/h2-4H,11H2,1H3,(H,12,13)/t9-/m1/s1. The fraction of sp³-hybridized carbons (Fsp3) is 0.222. The van der Waals surface area contributed by atoms with Crippen LogP contribution >= 0.6 is 0 Å². The highest BCUT2D eigenvalue weighted by molar-refractivity contribution is 6.05. The lowest BCUT2D eigenvalue weighted by Crippen LogP contribution is -2.40. The van der Waals surface area contributed by atoms with Gasteiger partial charge < -0.3 is 11.1 Å². The van der Waals surface area contributed by atoms with Gasteiger partial charge in [-0.25, -0.2) is 4.39 Å². The minimum absolute atomic E-state index is 0.298. The summed E-state index contributed by atoms with van der Waals surface area (Å²) in [5.74, 6) is -0.681. The molecule has 68 valence electrons. The molecule has 0 aliphatic carbocycles. The number of carbonyl (C=O) groups excluding carboxylic acids is 1. The van der Waals surface area contributed by atoms with Gasteiger partial charge in [0.05, 0.1) is 0 Å². The summed E-state index contributed by atoms with van der Waals surface area (Å²) in [6.07, 6.45) is 0. The molecule has 1 aliphatic heterocycles. The molecular formula is C9H9FN2O. The van der Waals surface area contributed by atoms with E-state index in [4.69, 9.17) is 5.73 Å². The Morgan fingerprint density at radius 1 is 1.54 bits per heavy atom. The fourth-order valence-electron chi connectivity index (χ4n) is 1.43.